The van der Waals surface area contributed by atoms with Gasteiger partial charge in [-0.3, -0.25) is 4.79 Å². The number of nitrogens with two attached hydrogens (primary N) is 1. The number of pyridine rings is 1. The Balaban J connectivity index is 1.73. The van der Waals surface area contributed by atoms with Crippen LogP contribution in [0.1, 0.15) is 20.2 Å². The van der Waals surface area contributed by atoms with Gasteiger partial charge in [0.2, 0.25) is 16.0 Å². The minimum Gasteiger partial charge on any atom is -0.377 e. The van der Waals surface area contributed by atoms with E-state index in [2.05, 4.69) is 15.3 Å². The average Bonchev–Trinajstić information content (AvgIpc) is 3.25. The van der Waals surface area contributed by atoms with Crippen molar-refractivity contribution in [3.05, 3.63) is 44.7 Å². The van der Waals surface area contributed by atoms with Crippen molar-refractivity contribution in [1.29, 1.82) is 0 Å². The zero-order chi connectivity index (χ0) is 21.0. The average molecular weight is 456 g/mol. The fourth-order valence-corrected chi connectivity index (χ4v) is 6.75. The van der Waals surface area contributed by atoms with E-state index in [1.54, 1.807) is 12.1 Å². The molecule has 4 rings (SSSR count). The van der Waals surface area contributed by atoms with Crippen molar-refractivity contribution in [3.63, 3.8) is 0 Å². The monoisotopic (exact) mass is 455 g/mol. The van der Waals surface area contributed by atoms with Crippen molar-refractivity contribution in [3.8, 4) is 0 Å². The normalized spacial score (nSPS) is 25.4. The molecule has 2 aliphatic rings. The number of thiophene rings is 1. The summed E-state index contributed by atoms with van der Waals surface area (Å²) >= 11 is 7.50. The molecule has 1 amide bonds. The Bertz CT molecular complexity index is 1130. The molecule has 12 heteroatoms. The molecule has 0 aliphatic carbocycles. The summed E-state index contributed by atoms with van der Waals surface area (Å²) in [5, 5.41) is 1.98. The molecular weight excluding hydrogens is 438 g/mol. The van der Waals surface area contributed by atoms with E-state index in [-0.39, 0.29) is 24.2 Å². The zero-order valence-corrected chi connectivity index (χ0v) is 17.9. The number of hydrogen-bond donors (Lipinski definition) is 2. The third-order valence-electron chi connectivity index (χ3n) is 4.94. The summed E-state index contributed by atoms with van der Waals surface area (Å²) in [5.74, 6) is -0.141. The molecule has 1 fully saturated rings. The molecule has 2 aromatic rings. The van der Waals surface area contributed by atoms with Crippen molar-refractivity contribution in [2.45, 2.75) is 17.7 Å². The summed E-state index contributed by atoms with van der Waals surface area (Å²) in [5.41, 5.74) is 5.36. The number of rotatable bonds is 3. The molecule has 3 N–H and O–H groups in total. The van der Waals surface area contributed by atoms with E-state index in [4.69, 9.17) is 22.1 Å². The Morgan fingerprint density at radius 3 is 2.97 bits per heavy atom. The first kappa shape index (κ1) is 20.1. The van der Waals surface area contributed by atoms with E-state index in [1.165, 1.54) is 13.1 Å². The number of aliphatic imine (C=N–C) groups is 1. The van der Waals surface area contributed by atoms with Crippen LogP contribution in [0.5, 0.6) is 0 Å². The molecule has 0 aromatic carbocycles. The second-order valence-electron chi connectivity index (χ2n) is 6.82. The number of anilines is 1. The van der Waals surface area contributed by atoms with E-state index in [9.17, 15) is 13.2 Å². The van der Waals surface area contributed by atoms with Gasteiger partial charge < -0.3 is 15.8 Å². The van der Waals surface area contributed by atoms with Gasteiger partial charge in [0.05, 0.1) is 28.0 Å². The second kappa shape index (κ2) is 6.94. The van der Waals surface area contributed by atoms with Crippen LogP contribution in [0.25, 0.3) is 0 Å². The number of nitrogens with zero attached hydrogens (tertiary/aromatic N) is 3. The van der Waals surface area contributed by atoms with Crippen LogP contribution in [0.2, 0.25) is 5.02 Å². The summed E-state index contributed by atoms with van der Waals surface area (Å²) in [7, 11) is -2.44. The Hall–Kier alpha value is -2.21. The first-order valence-corrected chi connectivity index (χ1v) is 11.3. The minimum atomic E-state index is -3.79. The van der Waals surface area contributed by atoms with Crippen molar-refractivity contribution < 1.29 is 17.9 Å². The van der Waals surface area contributed by atoms with E-state index < -0.39 is 26.7 Å². The highest BCUT2D eigenvalue weighted by Gasteiger charge is 2.58. The van der Waals surface area contributed by atoms with E-state index in [1.807, 2.05) is 13.0 Å². The predicted octanol–water partition coefficient (Wildman–Crippen LogP) is 1.54. The van der Waals surface area contributed by atoms with Gasteiger partial charge >= 0.3 is 0 Å². The van der Waals surface area contributed by atoms with Gasteiger partial charge in [0.15, 0.2) is 0 Å². The number of guanidine groups is 1. The smallest absolute Gasteiger partial charge is 0.266 e. The van der Waals surface area contributed by atoms with Gasteiger partial charge in [-0.2, -0.15) is 0 Å². The Kier molecular flexibility index (Phi) is 4.80. The zero-order valence-electron chi connectivity index (χ0n) is 15.5. The van der Waals surface area contributed by atoms with Crippen molar-refractivity contribution in [2.24, 2.45) is 10.7 Å². The number of ether oxygens (including phenoxy) is 1. The van der Waals surface area contributed by atoms with Gasteiger partial charge in [0.25, 0.3) is 5.91 Å². The lowest BCUT2D eigenvalue weighted by Gasteiger charge is -2.37. The Morgan fingerprint density at radius 2 is 2.24 bits per heavy atom. The van der Waals surface area contributed by atoms with E-state index >= 15 is 0 Å². The number of hydrogen-bond acceptors (Lipinski definition) is 8. The lowest BCUT2D eigenvalue weighted by atomic mass is 9.96. The maximum Gasteiger partial charge on any atom is 0.266 e. The number of halogens is 1. The Labute approximate surface area is 176 Å². The highest BCUT2D eigenvalue weighted by Crippen LogP contribution is 2.48. The maximum absolute atomic E-state index is 12.9. The maximum atomic E-state index is 12.9. The predicted molar refractivity (Wildman–Crippen MR) is 111 cm³/mol. The molecule has 154 valence electrons. The SMILES string of the molecule is Cc1cccc(NC(=O)c2cc(Cl)c(C34COCC3S(=O)(=O)N(C)C(N)=N4)s2)n1. The quantitative estimate of drug-likeness (QED) is 0.722. The standard InChI is InChI=1S/C17H18ClN5O4S2/c1-9-4-3-5-13(20-9)21-15(24)11-6-10(18)14(28-11)17-8-27-7-12(17)29(25,26)23(2)16(19)22-17/h3-6,12H,7-8H2,1-2H3,(H2,19,22)(H,20,21,24). The summed E-state index contributed by atoms with van der Waals surface area (Å²) < 4.78 is 32.2. The number of nitrogens with one attached hydrogen (secondary N) is 1. The molecule has 0 bridgehead atoms. The number of aryl methyl sites for hydroxylation is 1. The summed E-state index contributed by atoms with van der Waals surface area (Å²) in [6, 6.07) is 6.77. The number of carbonyl (C=O) groups is 1. The third-order valence-corrected chi connectivity index (χ3v) is 8.84. The van der Waals surface area contributed by atoms with Crippen molar-refractivity contribution in [1.82, 2.24) is 9.29 Å². The van der Waals surface area contributed by atoms with Crippen LogP contribution in [0.3, 0.4) is 0 Å². The molecule has 0 saturated carbocycles. The molecule has 29 heavy (non-hydrogen) atoms. The van der Waals surface area contributed by atoms with Gasteiger partial charge in [-0.15, -0.1) is 11.3 Å². The van der Waals surface area contributed by atoms with Gasteiger partial charge in [0.1, 0.15) is 16.6 Å². The van der Waals surface area contributed by atoms with Crippen LogP contribution in [0.15, 0.2) is 29.3 Å². The van der Waals surface area contributed by atoms with Crippen LogP contribution < -0.4 is 11.1 Å². The minimum absolute atomic E-state index is 0.00612. The number of amides is 1. The van der Waals surface area contributed by atoms with Crippen LogP contribution in [0, 0.1) is 6.92 Å². The Morgan fingerprint density at radius 1 is 1.48 bits per heavy atom. The van der Waals surface area contributed by atoms with Crippen LogP contribution in [-0.2, 0) is 20.3 Å². The number of fused-ring (bicyclic) bond motifs is 1. The number of carbonyl (C=O) groups excluding carboxylic acids is 1. The molecule has 2 atom stereocenters. The molecule has 1 saturated heterocycles. The second-order valence-corrected chi connectivity index (χ2v) is 10.4. The molecule has 2 aromatic heterocycles. The van der Waals surface area contributed by atoms with Crippen LogP contribution in [0.4, 0.5) is 5.82 Å². The van der Waals surface area contributed by atoms with Crippen LogP contribution >= 0.6 is 22.9 Å². The van der Waals surface area contributed by atoms with Gasteiger partial charge in [-0.05, 0) is 25.1 Å². The number of aromatic nitrogens is 1. The highest BCUT2D eigenvalue weighted by atomic mass is 35.5. The van der Waals surface area contributed by atoms with Gasteiger partial charge in [-0.1, -0.05) is 17.7 Å². The molecule has 2 unspecified atom stereocenters. The van der Waals surface area contributed by atoms with Gasteiger partial charge in [0, 0.05) is 12.7 Å². The summed E-state index contributed by atoms with van der Waals surface area (Å²) in [4.78, 5) is 22.1. The van der Waals surface area contributed by atoms with Crippen molar-refractivity contribution in [2.75, 3.05) is 25.6 Å². The molecule has 4 heterocycles. The first-order valence-electron chi connectivity index (χ1n) is 8.61. The molecule has 0 radical (unpaired) electrons. The first-order chi connectivity index (χ1) is 13.6. The topological polar surface area (TPSA) is 127 Å². The fraction of sp³-hybridized carbons (Fsp3) is 0.353. The molecule has 0 spiro atoms. The van der Waals surface area contributed by atoms with E-state index in [0.717, 1.165) is 21.3 Å². The molecule has 2 aliphatic heterocycles. The molecular formula is C17H18ClN5O4S2. The van der Waals surface area contributed by atoms with E-state index in [0.29, 0.717) is 15.6 Å². The largest absolute Gasteiger partial charge is 0.377 e. The van der Waals surface area contributed by atoms with Crippen molar-refractivity contribution >= 4 is 50.6 Å². The lowest BCUT2D eigenvalue weighted by molar-refractivity contribution is 0.103. The third kappa shape index (κ3) is 3.18. The highest BCUT2D eigenvalue weighted by molar-refractivity contribution is 7.90. The number of sulfonamides is 1. The van der Waals surface area contributed by atoms with Crippen LogP contribution in [-0.4, -0.2) is 55.1 Å². The van der Waals surface area contributed by atoms with Gasteiger partial charge in [-0.25, -0.2) is 22.7 Å². The summed E-state index contributed by atoms with van der Waals surface area (Å²) in [6.45, 7) is 1.79. The fourth-order valence-electron chi connectivity index (χ4n) is 3.41. The lowest BCUT2D eigenvalue weighted by Crippen LogP contribution is -2.56. The summed E-state index contributed by atoms with van der Waals surface area (Å²) in [6.07, 6.45) is 0. The molecule has 9 nitrogen and oxygen atoms in total.